The fraction of sp³-hybridized carbons (Fsp3) is 0.333. The van der Waals surface area contributed by atoms with Gasteiger partial charge in [-0.2, -0.15) is 0 Å². The number of methoxy groups -OCH3 is 1. The third-order valence-electron chi connectivity index (χ3n) is 2.30. The first kappa shape index (κ1) is 13.8. The lowest BCUT2D eigenvalue weighted by Crippen LogP contribution is -2.26. The molecule has 0 aliphatic carbocycles. The first-order valence-electron chi connectivity index (χ1n) is 5.36. The highest BCUT2D eigenvalue weighted by Crippen LogP contribution is 2.19. The Balaban J connectivity index is 2.90. The lowest BCUT2D eigenvalue weighted by Gasteiger charge is -2.12. The summed E-state index contributed by atoms with van der Waals surface area (Å²) in [7, 11) is 1.44. The van der Waals surface area contributed by atoms with Crippen LogP contribution in [0.3, 0.4) is 0 Å². The number of benzene rings is 1. The first-order chi connectivity index (χ1) is 8.47. The predicted molar refractivity (Wildman–Crippen MR) is 64.5 cm³/mol. The van der Waals surface area contributed by atoms with Gasteiger partial charge in [0.05, 0.1) is 12.7 Å². The zero-order valence-corrected chi connectivity index (χ0v) is 10.2. The molecule has 6 heteroatoms. The quantitative estimate of drug-likeness (QED) is 0.606. The van der Waals surface area contributed by atoms with Crippen molar-refractivity contribution in [1.82, 2.24) is 0 Å². The van der Waals surface area contributed by atoms with Gasteiger partial charge in [0.15, 0.2) is 6.10 Å². The standard InChI is InChI=1S/C12H15NO5/c1-3-10(11(14)15)18-12(16)7-4-8(13)6-9(5-7)17-2/h4-6,10H,3,13H2,1-2H3,(H,14,15). The largest absolute Gasteiger partial charge is 0.497 e. The molecule has 0 saturated heterocycles. The molecule has 0 spiro atoms. The molecule has 0 amide bonds. The molecule has 1 aromatic carbocycles. The molecule has 0 saturated carbocycles. The number of nitrogen functional groups attached to an aromatic ring is 1. The summed E-state index contributed by atoms with van der Waals surface area (Å²) in [5.74, 6) is -1.51. The van der Waals surface area contributed by atoms with Gasteiger partial charge in [-0.15, -0.1) is 0 Å². The molecule has 0 aliphatic heterocycles. The monoisotopic (exact) mass is 253 g/mol. The van der Waals surface area contributed by atoms with E-state index in [1.165, 1.54) is 19.2 Å². The van der Waals surface area contributed by atoms with Crippen molar-refractivity contribution in [2.75, 3.05) is 12.8 Å². The number of carbonyl (C=O) groups is 2. The summed E-state index contributed by atoms with van der Waals surface area (Å²) in [5, 5.41) is 8.80. The van der Waals surface area contributed by atoms with E-state index in [0.29, 0.717) is 11.4 Å². The van der Waals surface area contributed by atoms with Crippen molar-refractivity contribution in [3.05, 3.63) is 23.8 Å². The maximum Gasteiger partial charge on any atom is 0.345 e. The van der Waals surface area contributed by atoms with Gasteiger partial charge >= 0.3 is 11.9 Å². The molecule has 0 aliphatic rings. The molecule has 1 aromatic rings. The van der Waals surface area contributed by atoms with Crippen LogP contribution in [0.5, 0.6) is 5.75 Å². The summed E-state index contributed by atoms with van der Waals surface area (Å²) >= 11 is 0. The van der Waals surface area contributed by atoms with Crippen molar-refractivity contribution >= 4 is 17.6 Å². The molecule has 0 heterocycles. The average Bonchev–Trinajstić information content (AvgIpc) is 2.34. The Morgan fingerprint density at radius 3 is 2.56 bits per heavy atom. The summed E-state index contributed by atoms with van der Waals surface area (Å²) in [6, 6.07) is 4.39. The predicted octanol–water partition coefficient (Wildman–Crippen LogP) is 1.30. The lowest BCUT2D eigenvalue weighted by molar-refractivity contribution is -0.147. The molecule has 1 unspecified atom stereocenters. The minimum absolute atomic E-state index is 0.159. The Labute approximate surface area is 104 Å². The van der Waals surface area contributed by atoms with Gasteiger partial charge < -0.3 is 20.3 Å². The Kier molecular flexibility index (Phi) is 4.53. The van der Waals surface area contributed by atoms with Crippen LogP contribution in [0.15, 0.2) is 18.2 Å². The van der Waals surface area contributed by atoms with E-state index in [2.05, 4.69) is 0 Å². The number of carboxylic acid groups (broad SMARTS) is 1. The molecule has 18 heavy (non-hydrogen) atoms. The van der Waals surface area contributed by atoms with Crippen LogP contribution >= 0.6 is 0 Å². The lowest BCUT2D eigenvalue weighted by atomic mass is 10.2. The summed E-state index contributed by atoms with van der Waals surface area (Å²) in [6.45, 7) is 1.62. The number of esters is 1. The molecule has 1 rings (SSSR count). The third-order valence-corrected chi connectivity index (χ3v) is 2.30. The van der Waals surface area contributed by atoms with E-state index in [0.717, 1.165) is 0 Å². The third kappa shape index (κ3) is 3.38. The molecule has 6 nitrogen and oxygen atoms in total. The van der Waals surface area contributed by atoms with Gasteiger partial charge in [0, 0.05) is 11.8 Å². The maximum atomic E-state index is 11.7. The van der Waals surface area contributed by atoms with Crippen molar-refractivity contribution in [1.29, 1.82) is 0 Å². The highest BCUT2D eigenvalue weighted by Gasteiger charge is 2.21. The van der Waals surface area contributed by atoms with Crippen molar-refractivity contribution in [3.63, 3.8) is 0 Å². The highest BCUT2D eigenvalue weighted by atomic mass is 16.6. The molecule has 98 valence electrons. The van der Waals surface area contributed by atoms with Crippen LogP contribution < -0.4 is 10.5 Å². The van der Waals surface area contributed by atoms with E-state index in [-0.39, 0.29) is 12.0 Å². The Hall–Kier alpha value is -2.24. The molecule has 1 atom stereocenters. The smallest absolute Gasteiger partial charge is 0.345 e. The van der Waals surface area contributed by atoms with Crippen LogP contribution in [0, 0.1) is 0 Å². The zero-order valence-electron chi connectivity index (χ0n) is 10.2. The van der Waals surface area contributed by atoms with Gasteiger partial charge in [0.1, 0.15) is 5.75 Å². The number of aliphatic carboxylic acids is 1. The van der Waals surface area contributed by atoms with Gasteiger partial charge in [-0.05, 0) is 18.6 Å². The van der Waals surface area contributed by atoms with E-state index >= 15 is 0 Å². The number of nitrogens with two attached hydrogens (primary N) is 1. The molecular formula is C12H15NO5. The van der Waals surface area contributed by atoms with Crippen LogP contribution in [-0.2, 0) is 9.53 Å². The van der Waals surface area contributed by atoms with E-state index in [4.69, 9.17) is 20.3 Å². The Morgan fingerprint density at radius 1 is 1.39 bits per heavy atom. The van der Waals surface area contributed by atoms with E-state index in [9.17, 15) is 9.59 Å². The Bertz CT molecular complexity index is 458. The topological polar surface area (TPSA) is 98.9 Å². The number of anilines is 1. The van der Waals surface area contributed by atoms with Crippen molar-refractivity contribution in [3.8, 4) is 5.75 Å². The Morgan fingerprint density at radius 2 is 2.06 bits per heavy atom. The molecule has 0 aromatic heterocycles. The van der Waals surface area contributed by atoms with Crippen LogP contribution in [0.1, 0.15) is 23.7 Å². The number of carbonyl (C=O) groups excluding carboxylic acids is 1. The van der Waals surface area contributed by atoms with Crippen LogP contribution in [0.4, 0.5) is 5.69 Å². The van der Waals surface area contributed by atoms with Crippen LogP contribution in [-0.4, -0.2) is 30.3 Å². The minimum Gasteiger partial charge on any atom is -0.497 e. The summed E-state index contributed by atoms with van der Waals surface area (Å²) in [4.78, 5) is 22.5. The molecule has 0 radical (unpaired) electrons. The minimum atomic E-state index is -1.18. The second-order valence-corrected chi connectivity index (χ2v) is 3.64. The number of hydrogen-bond acceptors (Lipinski definition) is 5. The number of rotatable bonds is 5. The SMILES string of the molecule is CCC(OC(=O)c1cc(N)cc(OC)c1)C(=O)O. The first-order valence-corrected chi connectivity index (χ1v) is 5.36. The second kappa shape index (κ2) is 5.90. The van der Waals surface area contributed by atoms with E-state index in [1.807, 2.05) is 0 Å². The van der Waals surface area contributed by atoms with Gasteiger partial charge in [-0.1, -0.05) is 6.92 Å². The second-order valence-electron chi connectivity index (χ2n) is 3.64. The van der Waals surface area contributed by atoms with Gasteiger partial charge in [-0.3, -0.25) is 0 Å². The number of hydrogen-bond donors (Lipinski definition) is 2. The highest BCUT2D eigenvalue weighted by molar-refractivity contribution is 5.92. The molecular weight excluding hydrogens is 238 g/mol. The summed E-state index contributed by atoms with van der Waals surface area (Å²) in [6.07, 6.45) is -0.967. The number of ether oxygens (including phenoxy) is 2. The normalized spacial score (nSPS) is 11.7. The van der Waals surface area contributed by atoms with E-state index in [1.54, 1.807) is 13.0 Å². The van der Waals surface area contributed by atoms with Crippen molar-refractivity contribution < 1.29 is 24.2 Å². The summed E-state index contributed by atoms with van der Waals surface area (Å²) < 4.78 is 9.81. The average molecular weight is 253 g/mol. The van der Waals surface area contributed by atoms with Gasteiger partial charge in [0.25, 0.3) is 0 Å². The zero-order chi connectivity index (χ0) is 13.7. The fourth-order valence-corrected chi connectivity index (χ4v) is 1.36. The van der Waals surface area contributed by atoms with Crippen LogP contribution in [0.25, 0.3) is 0 Å². The summed E-state index contributed by atoms with van der Waals surface area (Å²) in [5.41, 5.74) is 6.09. The van der Waals surface area contributed by atoms with Gasteiger partial charge in [-0.25, -0.2) is 9.59 Å². The van der Waals surface area contributed by atoms with Crippen molar-refractivity contribution in [2.45, 2.75) is 19.4 Å². The fourth-order valence-electron chi connectivity index (χ4n) is 1.36. The molecule has 0 bridgehead atoms. The number of carboxylic acids is 1. The maximum absolute atomic E-state index is 11.7. The van der Waals surface area contributed by atoms with Gasteiger partial charge in [0.2, 0.25) is 0 Å². The molecule has 3 N–H and O–H groups in total. The molecule has 0 fully saturated rings. The van der Waals surface area contributed by atoms with Crippen LogP contribution in [0.2, 0.25) is 0 Å². The van der Waals surface area contributed by atoms with Crippen molar-refractivity contribution in [2.24, 2.45) is 0 Å². The van der Waals surface area contributed by atoms with E-state index < -0.39 is 18.0 Å².